The molecule has 2 radical (unpaired) electrons. The van der Waals surface area contributed by atoms with Crippen LogP contribution in [0.25, 0.3) is 10.9 Å². The number of hydrogen-bond acceptors (Lipinski definition) is 7. The molecule has 6 nitrogen and oxygen atoms in total. The highest BCUT2D eigenvalue weighted by molar-refractivity contribution is 7.07. The summed E-state index contributed by atoms with van der Waals surface area (Å²) in [5, 5.41) is 7.65. The second-order valence-corrected chi connectivity index (χ2v) is 14.1. The zero-order valence-electron chi connectivity index (χ0n) is 25.5. The van der Waals surface area contributed by atoms with Gasteiger partial charge in [0, 0.05) is 28.5 Å². The molecule has 1 N–H and O–H groups in total. The summed E-state index contributed by atoms with van der Waals surface area (Å²) in [5.41, 5.74) is 4.22. The van der Waals surface area contributed by atoms with E-state index in [1.807, 2.05) is 53.2 Å². The molecule has 0 bridgehead atoms. The minimum Gasteiger partial charge on any atom is -0.539 e. The molecule has 0 aliphatic rings. The van der Waals surface area contributed by atoms with Crippen LogP contribution in [0.5, 0.6) is 17.2 Å². The third-order valence-electron chi connectivity index (χ3n) is 7.58. The Labute approximate surface area is 279 Å². The third kappa shape index (κ3) is 7.02. The van der Waals surface area contributed by atoms with Crippen molar-refractivity contribution in [1.82, 2.24) is 9.97 Å². The minimum atomic E-state index is -0.541. The van der Waals surface area contributed by atoms with E-state index in [1.165, 1.54) is 23.5 Å². The first-order chi connectivity index (χ1) is 22.3. The number of nitrogens with one attached hydrogen (secondary N) is 1. The van der Waals surface area contributed by atoms with E-state index in [4.69, 9.17) is 25.5 Å². The van der Waals surface area contributed by atoms with Crippen LogP contribution in [0.3, 0.4) is 0 Å². The number of aromatic nitrogens is 2. The second kappa shape index (κ2) is 13.9. The number of rotatable bonds is 12. The lowest BCUT2D eigenvalue weighted by molar-refractivity contribution is 0.285. The summed E-state index contributed by atoms with van der Waals surface area (Å²) in [6, 6.07) is 29.2. The molecule has 6 rings (SSSR count). The lowest BCUT2D eigenvalue weighted by Gasteiger charge is -2.34. The Morgan fingerprint density at radius 1 is 0.913 bits per heavy atom. The maximum atomic E-state index is 15.3. The maximum Gasteiger partial charge on any atom is 0.318 e. The largest absolute Gasteiger partial charge is 0.539 e. The summed E-state index contributed by atoms with van der Waals surface area (Å²) in [4.78, 5) is 8.83. The van der Waals surface area contributed by atoms with Crippen LogP contribution in [0.15, 0.2) is 108 Å². The topological polar surface area (TPSA) is 65.5 Å². The molecule has 0 spiro atoms. The maximum absolute atomic E-state index is 15.3. The number of anilines is 2. The van der Waals surface area contributed by atoms with Crippen molar-refractivity contribution in [1.29, 1.82) is 0 Å². The highest BCUT2D eigenvalue weighted by Gasteiger charge is 2.35. The van der Waals surface area contributed by atoms with E-state index in [-0.39, 0.29) is 31.4 Å². The smallest absolute Gasteiger partial charge is 0.318 e. The van der Waals surface area contributed by atoms with Gasteiger partial charge in [-0.1, -0.05) is 86.1 Å². The Morgan fingerprint density at radius 3 is 2.28 bits per heavy atom. The molecular weight excluding hydrogens is 637 g/mol. The molecular formula is C36H31ClFN3O3SSi. The molecule has 2 heterocycles. The quantitative estimate of drug-likeness (QED) is 0.131. The Hall–Kier alpha value is -4.44. The van der Waals surface area contributed by atoms with Gasteiger partial charge in [0.15, 0.2) is 11.5 Å². The third-order valence-corrected chi connectivity index (χ3v) is 9.75. The number of methoxy groups -OCH3 is 1. The molecule has 0 fully saturated rings. The summed E-state index contributed by atoms with van der Waals surface area (Å²) < 4.78 is 33.3. The van der Waals surface area contributed by atoms with E-state index in [0.29, 0.717) is 40.6 Å². The van der Waals surface area contributed by atoms with Crippen LogP contribution in [0.2, 0.25) is 10.1 Å². The zero-order valence-corrected chi connectivity index (χ0v) is 28.0. The summed E-state index contributed by atoms with van der Waals surface area (Å²) >= 11 is 8.13. The van der Waals surface area contributed by atoms with E-state index < -0.39 is 5.82 Å². The van der Waals surface area contributed by atoms with Crippen LogP contribution in [0.1, 0.15) is 36.5 Å². The monoisotopic (exact) mass is 667 g/mol. The van der Waals surface area contributed by atoms with Crippen molar-refractivity contribution < 1.29 is 18.3 Å². The zero-order chi connectivity index (χ0) is 32.1. The van der Waals surface area contributed by atoms with Crippen molar-refractivity contribution in [2.45, 2.75) is 31.4 Å². The molecule has 6 aromatic rings. The molecule has 46 heavy (non-hydrogen) atoms. The number of nitrogens with zero attached hydrogens (tertiary/aromatic N) is 2. The minimum absolute atomic E-state index is 0.00752. The van der Waals surface area contributed by atoms with Crippen LogP contribution in [-0.2, 0) is 6.61 Å². The number of benzene rings is 4. The molecule has 10 heteroatoms. The Bertz CT molecular complexity index is 1890. The van der Waals surface area contributed by atoms with Gasteiger partial charge < -0.3 is 19.2 Å². The lowest BCUT2D eigenvalue weighted by Crippen LogP contribution is -2.27. The van der Waals surface area contributed by atoms with Crippen molar-refractivity contribution in [3.8, 4) is 17.2 Å². The highest BCUT2D eigenvalue weighted by atomic mass is 35.5. The first-order valence-electron chi connectivity index (χ1n) is 14.6. The second-order valence-electron chi connectivity index (χ2n) is 11.2. The highest BCUT2D eigenvalue weighted by Crippen LogP contribution is 2.46. The van der Waals surface area contributed by atoms with Crippen molar-refractivity contribution in [3.05, 3.63) is 136 Å². The number of thiophene rings is 1. The molecule has 0 saturated heterocycles. The van der Waals surface area contributed by atoms with Gasteiger partial charge in [-0.15, -0.1) is 0 Å². The first kappa shape index (κ1) is 31.5. The molecule has 232 valence electrons. The summed E-state index contributed by atoms with van der Waals surface area (Å²) in [7, 11) is 1.58. The molecule has 0 amide bonds. The van der Waals surface area contributed by atoms with Crippen LogP contribution >= 0.6 is 22.9 Å². The van der Waals surface area contributed by atoms with E-state index in [1.54, 1.807) is 36.6 Å². The number of halogens is 2. The van der Waals surface area contributed by atoms with E-state index in [2.05, 4.69) is 53.4 Å². The van der Waals surface area contributed by atoms with Gasteiger partial charge in [-0.2, -0.15) is 11.3 Å². The summed E-state index contributed by atoms with van der Waals surface area (Å²) in [6.45, 7) is 4.74. The predicted octanol–water partition coefficient (Wildman–Crippen LogP) is 9.84. The predicted molar refractivity (Wildman–Crippen MR) is 185 cm³/mol. The van der Waals surface area contributed by atoms with Crippen molar-refractivity contribution in [3.63, 3.8) is 0 Å². The van der Waals surface area contributed by atoms with E-state index in [0.717, 1.165) is 5.56 Å². The van der Waals surface area contributed by atoms with Gasteiger partial charge >= 0.3 is 9.76 Å². The first-order valence-corrected chi connectivity index (χ1v) is 16.8. The fraction of sp³-hybridized carbons (Fsp3) is 0.167. The van der Waals surface area contributed by atoms with Gasteiger partial charge in [0.25, 0.3) is 0 Å². The Balaban J connectivity index is 1.26. The number of ether oxygens (including phenoxy) is 2. The summed E-state index contributed by atoms with van der Waals surface area (Å²) in [5.74, 6) is 1.35. The molecule has 0 aliphatic carbocycles. The summed E-state index contributed by atoms with van der Waals surface area (Å²) in [6.07, 6.45) is 1.42. The lowest BCUT2D eigenvalue weighted by atomic mass is 9.82. The van der Waals surface area contributed by atoms with E-state index in [9.17, 15) is 0 Å². The Morgan fingerprint density at radius 2 is 1.63 bits per heavy atom. The molecule has 0 saturated carbocycles. The van der Waals surface area contributed by atoms with Gasteiger partial charge in [-0.25, -0.2) is 14.4 Å². The molecule has 2 aromatic heterocycles. The fourth-order valence-corrected chi connectivity index (χ4v) is 7.26. The Kier molecular flexibility index (Phi) is 9.53. The number of hydrogen-bond donors (Lipinski definition) is 1. The van der Waals surface area contributed by atoms with Crippen LogP contribution in [0.4, 0.5) is 15.9 Å². The van der Waals surface area contributed by atoms with Crippen LogP contribution in [-0.4, -0.2) is 26.8 Å². The van der Waals surface area contributed by atoms with Crippen LogP contribution < -0.4 is 19.2 Å². The normalized spacial score (nSPS) is 11.5. The van der Waals surface area contributed by atoms with Crippen molar-refractivity contribution in [2.75, 3.05) is 12.4 Å². The van der Waals surface area contributed by atoms with Gasteiger partial charge in [-0.05, 0) is 45.6 Å². The van der Waals surface area contributed by atoms with Gasteiger partial charge in [-0.3, -0.25) is 0 Å². The average Bonchev–Trinajstić information content (AvgIpc) is 3.59. The molecule has 0 aliphatic heterocycles. The average molecular weight is 668 g/mol. The number of fused-ring (bicyclic) bond motifs is 1. The van der Waals surface area contributed by atoms with Gasteiger partial charge in [0.2, 0.25) is 0 Å². The molecule has 0 atom stereocenters. The van der Waals surface area contributed by atoms with E-state index >= 15 is 4.39 Å². The van der Waals surface area contributed by atoms with Crippen molar-refractivity contribution in [2.24, 2.45) is 0 Å². The SMILES string of the molecule is COc1cc2c(Nc3cc(O[Si]C(C)(C)C(c4ccccc4)c4ccccc4)c(Cl)cc3F)ncnc2cc1OCc1ccsc1. The fourth-order valence-electron chi connectivity index (χ4n) is 5.36. The standard InChI is InChI=1S/C36H31ClFN3O3SSi/c1-36(2,34(24-10-6-4-7-11-24)25-12-8-5-9-13-25)46-44-31-19-30(28(38)17-27(31)37)41-35-26-16-32(42-3)33(18-29(26)39-22-40-35)43-20-23-14-15-45-21-23/h4-19,21-22,34H,20H2,1-3H3,(H,39,40,41). The molecule has 0 unspecified atom stereocenters. The van der Waals surface area contributed by atoms with Crippen molar-refractivity contribution >= 4 is 55.1 Å². The van der Waals surface area contributed by atoms with Gasteiger partial charge in [0.1, 0.15) is 30.3 Å². The van der Waals surface area contributed by atoms with Gasteiger partial charge in [0.05, 0.1) is 23.3 Å². The molecule has 4 aromatic carbocycles. The van der Waals surface area contributed by atoms with Crippen LogP contribution in [0, 0.1) is 5.82 Å².